The first-order valence-corrected chi connectivity index (χ1v) is 7.85. The molecule has 1 unspecified atom stereocenters. The topological polar surface area (TPSA) is 12.0 Å². The van der Waals surface area contributed by atoms with Crippen molar-refractivity contribution in [2.24, 2.45) is 0 Å². The van der Waals surface area contributed by atoms with Gasteiger partial charge in [0.05, 0.1) is 0 Å². The van der Waals surface area contributed by atoms with E-state index in [1.54, 1.807) is 0 Å². The van der Waals surface area contributed by atoms with Crippen LogP contribution in [-0.4, -0.2) is 7.05 Å². The number of benzene rings is 2. The average molecular weight is 281 g/mol. The van der Waals surface area contributed by atoms with Gasteiger partial charge >= 0.3 is 0 Å². The molecule has 0 aliphatic carbocycles. The molecule has 0 saturated heterocycles. The van der Waals surface area contributed by atoms with Crippen LogP contribution in [0.25, 0.3) is 10.1 Å². The first-order chi connectivity index (χ1) is 9.78. The molecule has 2 aromatic carbocycles. The van der Waals surface area contributed by atoms with Gasteiger partial charge in [0.2, 0.25) is 0 Å². The summed E-state index contributed by atoms with van der Waals surface area (Å²) in [5, 5.41) is 7.14. The normalized spacial score (nSPS) is 12.7. The molecule has 2 heteroatoms. The fraction of sp³-hybridized carbons (Fsp3) is 0.222. The Balaban J connectivity index is 1.91. The summed E-state index contributed by atoms with van der Waals surface area (Å²) in [6, 6.07) is 17.9. The summed E-state index contributed by atoms with van der Waals surface area (Å²) >= 11 is 1.83. The minimum atomic E-state index is 0.369. The molecular formula is C18H19NS. The number of thiophene rings is 1. The van der Waals surface area contributed by atoms with E-state index in [0.29, 0.717) is 6.04 Å². The molecule has 1 nitrogen and oxygen atoms in total. The Morgan fingerprint density at radius 1 is 1.05 bits per heavy atom. The predicted molar refractivity (Wildman–Crippen MR) is 88.5 cm³/mol. The van der Waals surface area contributed by atoms with Crippen molar-refractivity contribution in [1.82, 2.24) is 5.32 Å². The smallest absolute Gasteiger partial charge is 0.0372 e. The van der Waals surface area contributed by atoms with E-state index in [9.17, 15) is 0 Å². The molecular weight excluding hydrogens is 262 g/mol. The van der Waals surface area contributed by atoms with Crippen molar-refractivity contribution in [3.63, 3.8) is 0 Å². The van der Waals surface area contributed by atoms with Crippen LogP contribution in [0.3, 0.4) is 0 Å². The highest BCUT2D eigenvalue weighted by Gasteiger charge is 2.14. The Morgan fingerprint density at radius 3 is 2.55 bits per heavy atom. The molecule has 0 fully saturated rings. The quantitative estimate of drug-likeness (QED) is 0.730. The second-order valence-electron chi connectivity index (χ2n) is 5.22. The SMILES string of the molecule is CNC(Cc1ccc(C)cc1)c1csc2ccccc12. The van der Waals surface area contributed by atoms with Gasteiger partial charge in [-0.3, -0.25) is 0 Å². The van der Waals surface area contributed by atoms with Crippen molar-refractivity contribution in [2.45, 2.75) is 19.4 Å². The van der Waals surface area contributed by atoms with E-state index in [1.165, 1.54) is 26.8 Å². The van der Waals surface area contributed by atoms with Gasteiger partial charge in [0, 0.05) is 10.7 Å². The minimum Gasteiger partial charge on any atom is -0.313 e. The van der Waals surface area contributed by atoms with Crippen molar-refractivity contribution in [1.29, 1.82) is 0 Å². The maximum Gasteiger partial charge on any atom is 0.0372 e. The molecule has 1 atom stereocenters. The summed E-state index contributed by atoms with van der Waals surface area (Å²) < 4.78 is 1.37. The van der Waals surface area contributed by atoms with Crippen molar-refractivity contribution < 1.29 is 0 Å². The molecule has 0 aliphatic heterocycles. The van der Waals surface area contributed by atoms with Gasteiger partial charge in [-0.2, -0.15) is 0 Å². The van der Waals surface area contributed by atoms with Crippen molar-refractivity contribution in [3.05, 3.63) is 70.6 Å². The van der Waals surface area contributed by atoms with Crippen LogP contribution in [0.15, 0.2) is 53.9 Å². The lowest BCUT2D eigenvalue weighted by Gasteiger charge is -2.16. The largest absolute Gasteiger partial charge is 0.313 e. The van der Waals surface area contributed by atoms with E-state index in [-0.39, 0.29) is 0 Å². The highest BCUT2D eigenvalue weighted by Crippen LogP contribution is 2.31. The Labute approximate surface area is 124 Å². The number of rotatable bonds is 4. The van der Waals surface area contributed by atoms with Gasteiger partial charge in [-0.05, 0) is 48.4 Å². The fourth-order valence-corrected chi connectivity index (χ4v) is 3.61. The Morgan fingerprint density at radius 2 is 1.80 bits per heavy atom. The second kappa shape index (κ2) is 5.78. The lowest BCUT2D eigenvalue weighted by Crippen LogP contribution is -2.18. The summed E-state index contributed by atoms with van der Waals surface area (Å²) in [7, 11) is 2.05. The third-order valence-electron chi connectivity index (χ3n) is 3.80. The van der Waals surface area contributed by atoms with Gasteiger partial charge in [-0.15, -0.1) is 11.3 Å². The molecule has 3 rings (SSSR count). The third-order valence-corrected chi connectivity index (χ3v) is 4.78. The van der Waals surface area contributed by atoms with E-state index in [1.807, 2.05) is 18.4 Å². The van der Waals surface area contributed by atoms with Crippen LogP contribution in [0.1, 0.15) is 22.7 Å². The van der Waals surface area contributed by atoms with E-state index in [4.69, 9.17) is 0 Å². The molecule has 0 bridgehead atoms. The van der Waals surface area contributed by atoms with Crippen LogP contribution in [-0.2, 0) is 6.42 Å². The second-order valence-corrected chi connectivity index (χ2v) is 6.13. The molecule has 20 heavy (non-hydrogen) atoms. The zero-order chi connectivity index (χ0) is 13.9. The Kier molecular flexibility index (Phi) is 3.86. The number of fused-ring (bicyclic) bond motifs is 1. The first-order valence-electron chi connectivity index (χ1n) is 6.97. The zero-order valence-corrected chi connectivity index (χ0v) is 12.7. The molecule has 0 radical (unpaired) electrons. The molecule has 0 saturated carbocycles. The van der Waals surface area contributed by atoms with Crippen molar-refractivity contribution in [2.75, 3.05) is 7.05 Å². The highest BCUT2D eigenvalue weighted by molar-refractivity contribution is 7.17. The zero-order valence-electron chi connectivity index (χ0n) is 11.9. The van der Waals surface area contributed by atoms with Gasteiger partial charge in [-0.1, -0.05) is 48.0 Å². The van der Waals surface area contributed by atoms with Crippen LogP contribution in [0.5, 0.6) is 0 Å². The lowest BCUT2D eigenvalue weighted by molar-refractivity contribution is 0.597. The van der Waals surface area contributed by atoms with E-state index < -0.39 is 0 Å². The Bertz CT molecular complexity index is 697. The molecule has 0 amide bonds. The van der Waals surface area contributed by atoms with Gasteiger partial charge in [-0.25, -0.2) is 0 Å². The summed E-state index contributed by atoms with van der Waals surface area (Å²) in [4.78, 5) is 0. The number of likely N-dealkylation sites (N-methyl/N-ethyl adjacent to an activating group) is 1. The lowest BCUT2D eigenvalue weighted by atomic mass is 9.98. The van der Waals surface area contributed by atoms with Crippen LogP contribution in [0.4, 0.5) is 0 Å². The van der Waals surface area contributed by atoms with Crippen molar-refractivity contribution in [3.8, 4) is 0 Å². The third kappa shape index (κ3) is 2.62. The summed E-state index contributed by atoms with van der Waals surface area (Å²) in [5.41, 5.74) is 4.11. The van der Waals surface area contributed by atoms with Gasteiger partial charge in [0.25, 0.3) is 0 Å². The van der Waals surface area contributed by atoms with E-state index in [2.05, 4.69) is 66.2 Å². The van der Waals surface area contributed by atoms with Gasteiger partial charge in [0.15, 0.2) is 0 Å². The highest BCUT2D eigenvalue weighted by atomic mass is 32.1. The maximum absolute atomic E-state index is 3.47. The van der Waals surface area contributed by atoms with Gasteiger partial charge in [0.1, 0.15) is 0 Å². The number of aryl methyl sites for hydroxylation is 1. The standard InChI is InChI=1S/C18H19NS/c1-13-7-9-14(10-8-13)11-17(19-2)16-12-20-18-6-4-3-5-15(16)18/h3-10,12,17,19H,11H2,1-2H3. The van der Waals surface area contributed by atoms with Crippen molar-refractivity contribution >= 4 is 21.4 Å². The van der Waals surface area contributed by atoms with Crippen LogP contribution >= 0.6 is 11.3 Å². The number of hydrogen-bond acceptors (Lipinski definition) is 2. The number of nitrogens with one attached hydrogen (secondary N) is 1. The van der Waals surface area contributed by atoms with E-state index in [0.717, 1.165) is 6.42 Å². The fourth-order valence-electron chi connectivity index (χ4n) is 2.60. The Hall–Kier alpha value is -1.64. The van der Waals surface area contributed by atoms with Crippen LogP contribution in [0, 0.1) is 6.92 Å². The average Bonchev–Trinajstić information content (AvgIpc) is 2.91. The van der Waals surface area contributed by atoms with E-state index >= 15 is 0 Å². The monoisotopic (exact) mass is 281 g/mol. The van der Waals surface area contributed by atoms with Crippen LogP contribution in [0.2, 0.25) is 0 Å². The number of hydrogen-bond donors (Lipinski definition) is 1. The molecule has 0 aliphatic rings. The predicted octanol–water partition coefficient (Wildman–Crippen LogP) is 4.71. The van der Waals surface area contributed by atoms with Crippen LogP contribution < -0.4 is 5.32 Å². The minimum absolute atomic E-state index is 0.369. The molecule has 102 valence electrons. The first kappa shape index (κ1) is 13.3. The summed E-state index contributed by atoms with van der Waals surface area (Å²) in [6.45, 7) is 2.13. The summed E-state index contributed by atoms with van der Waals surface area (Å²) in [5.74, 6) is 0. The molecule has 3 aromatic rings. The molecule has 1 N–H and O–H groups in total. The molecule has 1 heterocycles. The van der Waals surface area contributed by atoms with Gasteiger partial charge < -0.3 is 5.32 Å². The molecule has 0 spiro atoms. The molecule has 1 aromatic heterocycles. The maximum atomic E-state index is 3.47. The summed E-state index contributed by atoms with van der Waals surface area (Å²) in [6.07, 6.45) is 1.03.